The normalized spacial score (nSPS) is 24.0. The van der Waals surface area contributed by atoms with Crippen LogP contribution in [-0.4, -0.2) is 45.8 Å². The summed E-state index contributed by atoms with van der Waals surface area (Å²) in [4.78, 5) is 27.5. The third kappa shape index (κ3) is 2.51. The van der Waals surface area contributed by atoms with Crippen molar-refractivity contribution in [1.29, 1.82) is 0 Å². The van der Waals surface area contributed by atoms with Gasteiger partial charge in [0.15, 0.2) is 5.69 Å². The van der Waals surface area contributed by atoms with Gasteiger partial charge >= 0.3 is 0 Å². The van der Waals surface area contributed by atoms with Gasteiger partial charge in [-0.25, -0.2) is 4.68 Å². The average Bonchev–Trinajstić information content (AvgIpc) is 3.01. The molecule has 0 radical (unpaired) electrons. The van der Waals surface area contributed by atoms with Gasteiger partial charge in [0.1, 0.15) is 0 Å². The smallest absolute Gasteiger partial charge is 0.274 e. The number of hydrogen-bond acceptors (Lipinski definition) is 4. The molecular weight excluding hydrogens is 304 g/mol. The standard InChI is InChI=1S/C18H22N4O2/c1-21-18(24)13-7-3-2-6-12(13)16(20-21)17(23)19-14-9-11-22-10-5-4-8-15(14)22/h2-3,6-7,14-15H,4-5,8-11H2,1H3,(H,19,23)/t14-,15-/m0/s1. The summed E-state index contributed by atoms with van der Waals surface area (Å²) in [7, 11) is 1.59. The van der Waals surface area contributed by atoms with Crippen molar-refractivity contribution in [2.75, 3.05) is 13.1 Å². The van der Waals surface area contributed by atoms with Crippen LogP contribution < -0.4 is 10.9 Å². The van der Waals surface area contributed by atoms with Gasteiger partial charge in [-0.05, 0) is 31.9 Å². The Hall–Kier alpha value is -2.21. The van der Waals surface area contributed by atoms with E-state index in [0.717, 1.165) is 25.9 Å². The molecule has 4 rings (SSSR count). The Bertz CT molecular complexity index is 845. The number of amides is 1. The highest BCUT2D eigenvalue weighted by Crippen LogP contribution is 2.27. The molecule has 2 saturated heterocycles. The Labute approximate surface area is 140 Å². The van der Waals surface area contributed by atoms with E-state index in [1.54, 1.807) is 19.2 Å². The van der Waals surface area contributed by atoms with Crippen LogP contribution in [-0.2, 0) is 7.05 Å². The van der Waals surface area contributed by atoms with Gasteiger partial charge in [-0.15, -0.1) is 0 Å². The van der Waals surface area contributed by atoms with Gasteiger partial charge in [-0.1, -0.05) is 24.6 Å². The highest BCUT2D eigenvalue weighted by atomic mass is 16.2. The third-order valence-corrected chi connectivity index (χ3v) is 5.34. The van der Waals surface area contributed by atoms with Crippen molar-refractivity contribution in [2.24, 2.45) is 7.05 Å². The molecule has 3 heterocycles. The van der Waals surface area contributed by atoms with Crippen molar-refractivity contribution in [3.05, 3.63) is 40.3 Å². The van der Waals surface area contributed by atoms with E-state index in [2.05, 4.69) is 15.3 Å². The molecule has 2 aliphatic rings. The fourth-order valence-corrected chi connectivity index (χ4v) is 4.12. The molecule has 1 aromatic heterocycles. The summed E-state index contributed by atoms with van der Waals surface area (Å²) in [6.07, 6.45) is 4.62. The van der Waals surface area contributed by atoms with E-state index in [4.69, 9.17) is 0 Å². The van der Waals surface area contributed by atoms with Crippen LogP contribution in [0.5, 0.6) is 0 Å². The van der Waals surface area contributed by atoms with Crippen LogP contribution in [0.1, 0.15) is 36.2 Å². The zero-order valence-corrected chi connectivity index (χ0v) is 13.9. The number of aryl methyl sites for hydroxylation is 1. The zero-order valence-electron chi connectivity index (χ0n) is 13.9. The molecule has 0 unspecified atom stereocenters. The van der Waals surface area contributed by atoms with Gasteiger partial charge in [-0.3, -0.25) is 14.5 Å². The summed E-state index contributed by atoms with van der Waals surface area (Å²) in [6, 6.07) is 7.80. The van der Waals surface area contributed by atoms with E-state index in [1.165, 1.54) is 17.5 Å². The summed E-state index contributed by atoms with van der Waals surface area (Å²) in [6.45, 7) is 2.19. The minimum absolute atomic E-state index is 0.176. The molecule has 126 valence electrons. The first kappa shape index (κ1) is 15.3. The average molecular weight is 326 g/mol. The van der Waals surface area contributed by atoms with Crippen LogP contribution in [0.25, 0.3) is 10.8 Å². The van der Waals surface area contributed by atoms with Gasteiger partial charge in [-0.2, -0.15) is 5.10 Å². The van der Waals surface area contributed by atoms with Crippen molar-refractivity contribution in [1.82, 2.24) is 20.0 Å². The molecule has 2 aliphatic heterocycles. The highest BCUT2D eigenvalue weighted by Gasteiger charge is 2.36. The monoisotopic (exact) mass is 326 g/mol. The summed E-state index contributed by atoms with van der Waals surface area (Å²) in [5, 5.41) is 8.56. The second-order valence-electron chi connectivity index (χ2n) is 6.79. The first-order valence-electron chi connectivity index (χ1n) is 8.66. The lowest BCUT2D eigenvalue weighted by Gasteiger charge is -2.32. The lowest BCUT2D eigenvalue weighted by atomic mass is 9.99. The number of benzene rings is 1. The zero-order chi connectivity index (χ0) is 16.7. The minimum atomic E-state index is -0.181. The summed E-state index contributed by atoms with van der Waals surface area (Å²) in [5.41, 5.74) is 0.156. The topological polar surface area (TPSA) is 67.2 Å². The summed E-state index contributed by atoms with van der Waals surface area (Å²) in [5.74, 6) is -0.181. The van der Waals surface area contributed by atoms with E-state index < -0.39 is 0 Å². The second-order valence-corrected chi connectivity index (χ2v) is 6.79. The molecule has 6 heteroatoms. The molecule has 6 nitrogen and oxygen atoms in total. The van der Waals surface area contributed by atoms with Crippen LogP contribution in [0.15, 0.2) is 29.1 Å². The van der Waals surface area contributed by atoms with Gasteiger partial charge in [0.05, 0.1) is 5.39 Å². The van der Waals surface area contributed by atoms with Crippen molar-refractivity contribution in [3.8, 4) is 0 Å². The first-order chi connectivity index (χ1) is 11.6. The number of aromatic nitrogens is 2. The molecule has 1 amide bonds. The lowest BCUT2D eigenvalue weighted by Crippen LogP contribution is -2.47. The Balaban J connectivity index is 1.64. The maximum Gasteiger partial charge on any atom is 0.274 e. The highest BCUT2D eigenvalue weighted by molar-refractivity contribution is 6.04. The fourth-order valence-electron chi connectivity index (χ4n) is 4.12. The number of rotatable bonds is 2. The number of nitrogens with one attached hydrogen (secondary N) is 1. The number of fused-ring (bicyclic) bond motifs is 2. The minimum Gasteiger partial charge on any atom is -0.346 e. The fraction of sp³-hybridized carbons (Fsp3) is 0.500. The van der Waals surface area contributed by atoms with Crippen LogP contribution >= 0.6 is 0 Å². The maximum absolute atomic E-state index is 12.8. The summed E-state index contributed by atoms with van der Waals surface area (Å²) < 4.78 is 1.25. The second kappa shape index (κ2) is 6.02. The van der Waals surface area contributed by atoms with Crippen LogP contribution in [0, 0.1) is 0 Å². The van der Waals surface area contributed by atoms with Gasteiger partial charge < -0.3 is 5.32 Å². The van der Waals surface area contributed by atoms with Gasteiger partial charge in [0, 0.05) is 31.1 Å². The number of piperidine rings is 1. The summed E-state index contributed by atoms with van der Waals surface area (Å²) >= 11 is 0. The Morgan fingerprint density at radius 2 is 1.96 bits per heavy atom. The quantitative estimate of drug-likeness (QED) is 0.903. The number of hydrogen-bond donors (Lipinski definition) is 1. The molecule has 2 aromatic rings. The number of nitrogens with zero attached hydrogens (tertiary/aromatic N) is 3. The molecule has 24 heavy (non-hydrogen) atoms. The van der Waals surface area contributed by atoms with Crippen LogP contribution in [0.3, 0.4) is 0 Å². The largest absolute Gasteiger partial charge is 0.346 e. The Morgan fingerprint density at radius 1 is 1.17 bits per heavy atom. The lowest BCUT2D eigenvalue weighted by molar-refractivity contribution is 0.0910. The molecule has 0 spiro atoms. The van der Waals surface area contributed by atoms with Crippen molar-refractivity contribution in [2.45, 2.75) is 37.8 Å². The molecule has 0 saturated carbocycles. The van der Waals surface area contributed by atoms with Crippen LogP contribution in [0.2, 0.25) is 0 Å². The Morgan fingerprint density at radius 3 is 2.79 bits per heavy atom. The van der Waals surface area contributed by atoms with Crippen LogP contribution in [0.4, 0.5) is 0 Å². The molecule has 1 N–H and O–H groups in total. The maximum atomic E-state index is 12.8. The van der Waals surface area contributed by atoms with Crippen molar-refractivity contribution >= 4 is 16.7 Å². The van der Waals surface area contributed by atoms with Gasteiger partial charge in [0.25, 0.3) is 11.5 Å². The third-order valence-electron chi connectivity index (χ3n) is 5.34. The number of carbonyl (C=O) groups is 1. The first-order valence-corrected chi connectivity index (χ1v) is 8.66. The molecule has 0 aliphatic carbocycles. The van der Waals surface area contributed by atoms with E-state index >= 15 is 0 Å². The molecule has 2 atom stereocenters. The molecular formula is C18H22N4O2. The predicted molar refractivity (Wildman–Crippen MR) is 92.1 cm³/mol. The molecule has 0 bridgehead atoms. The van der Waals surface area contributed by atoms with Crippen molar-refractivity contribution in [3.63, 3.8) is 0 Å². The van der Waals surface area contributed by atoms with Gasteiger partial charge in [0.2, 0.25) is 0 Å². The van der Waals surface area contributed by atoms with E-state index in [0.29, 0.717) is 22.5 Å². The predicted octanol–water partition coefficient (Wildman–Crippen LogP) is 1.29. The molecule has 2 fully saturated rings. The molecule has 1 aromatic carbocycles. The van der Waals surface area contributed by atoms with E-state index in [1.807, 2.05) is 12.1 Å². The van der Waals surface area contributed by atoms with Crippen molar-refractivity contribution < 1.29 is 4.79 Å². The SMILES string of the molecule is Cn1nc(C(=O)N[C@H]2CCN3CCCC[C@@H]23)c2ccccc2c1=O. The Kier molecular flexibility index (Phi) is 3.84. The number of carbonyl (C=O) groups excluding carboxylic acids is 1. The van der Waals surface area contributed by atoms with E-state index in [9.17, 15) is 9.59 Å². The van der Waals surface area contributed by atoms with E-state index in [-0.39, 0.29) is 17.5 Å².